The first kappa shape index (κ1) is 13.1. The molecule has 4 heteroatoms. The third kappa shape index (κ3) is 3.36. The fourth-order valence-electron chi connectivity index (χ4n) is 2.09. The Hall–Kier alpha value is -2.88. The molecule has 0 saturated carbocycles. The molecule has 0 aliphatic heterocycles. The van der Waals surface area contributed by atoms with Gasteiger partial charge in [0.1, 0.15) is 5.75 Å². The van der Waals surface area contributed by atoms with Crippen molar-refractivity contribution in [3.8, 4) is 16.9 Å². The Morgan fingerprint density at radius 2 is 1.86 bits per heavy atom. The zero-order chi connectivity index (χ0) is 14.5. The number of benzene rings is 1. The molecule has 2 heterocycles. The third-order valence-electron chi connectivity index (χ3n) is 3.14. The number of aromatic nitrogens is 2. The fraction of sp³-hybridized carbons (Fsp3) is 0.0588. The molecule has 0 aliphatic carbocycles. The zero-order valence-corrected chi connectivity index (χ0v) is 11.4. The van der Waals surface area contributed by atoms with Crippen molar-refractivity contribution in [2.75, 3.05) is 5.32 Å². The first-order chi connectivity index (χ1) is 10.3. The molecule has 21 heavy (non-hydrogen) atoms. The molecule has 104 valence electrons. The number of hydrogen-bond donors (Lipinski definition) is 2. The van der Waals surface area contributed by atoms with E-state index in [9.17, 15) is 5.11 Å². The average Bonchev–Trinajstić information content (AvgIpc) is 2.54. The van der Waals surface area contributed by atoms with Crippen molar-refractivity contribution in [2.45, 2.75) is 6.54 Å². The van der Waals surface area contributed by atoms with Gasteiger partial charge in [-0.3, -0.25) is 9.97 Å². The van der Waals surface area contributed by atoms with E-state index in [4.69, 9.17) is 0 Å². The molecule has 0 aliphatic rings. The highest BCUT2D eigenvalue weighted by atomic mass is 16.3. The highest BCUT2D eigenvalue weighted by molar-refractivity contribution is 5.67. The smallest absolute Gasteiger partial charge is 0.116 e. The number of phenols is 1. The van der Waals surface area contributed by atoms with Gasteiger partial charge >= 0.3 is 0 Å². The van der Waals surface area contributed by atoms with Gasteiger partial charge in [0, 0.05) is 36.9 Å². The summed E-state index contributed by atoms with van der Waals surface area (Å²) < 4.78 is 0. The van der Waals surface area contributed by atoms with Crippen molar-refractivity contribution in [3.63, 3.8) is 0 Å². The highest BCUT2D eigenvalue weighted by Crippen LogP contribution is 2.24. The minimum absolute atomic E-state index is 0.251. The van der Waals surface area contributed by atoms with Crippen molar-refractivity contribution in [1.82, 2.24) is 9.97 Å². The van der Waals surface area contributed by atoms with Crippen LogP contribution in [0.15, 0.2) is 67.3 Å². The molecule has 3 rings (SSSR count). The van der Waals surface area contributed by atoms with E-state index in [0.29, 0.717) is 6.54 Å². The number of rotatable bonds is 4. The maximum Gasteiger partial charge on any atom is 0.116 e. The monoisotopic (exact) mass is 277 g/mol. The van der Waals surface area contributed by atoms with Gasteiger partial charge in [0.2, 0.25) is 0 Å². The number of nitrogens with one attached hydrogen (secondary N) is 1. The molecule has 0 spiro atoms. The molecular weight excluding hydrogens is 262 g/mol. The van der Waals surface area contributed by atoms with Crippen LogP contribution < -0.4 is 5.32 Å². The summed E-state index contributed by atoms with van der Waals surface area (Å²) in [6.45, 7) is 0.693. The number of hydrogen-bond acceptors (Lipinski definition) is 4. The molecule has 0 saturated heterocycles. The molecule has 2 N–H and O–H groups in total. The van der Waals surface area contributed by atoms with E-state index >= 15 is 0 Å². The SMILES string of the molecule is Oc1cccc(-c2cncc(NCc3cccnc3)c2)c1. The maximum absolute atomic E-state index is 9.55. The summed E-state index contributed by atoms with van der Waals surface area (Å²) >= 11 is 0. The topological polar surface area (TPSA) is 58.0 Å². The van der Waals surface area contributed by atoms with E-state index in [-0.39, 0.29) is 5.75 Å². The van der Waals surface area contributed by atoms with Crippen LogP contribution in [0.2, 0.25) is 0 Å². The number of aromatic hydroxyl groups is 1. The van der Waals surface area contributed by atoms with Gasteiger partial charge < -0.3 is 10.4 Å². The predicted octanol–water partition coefficient (Wildman–Crippen LogP) is 3.46. The molecule has 0 radical (unpaired) electrons. The summed E-state index contributed by atoms with van der Waals surface area (Å²) in [5.41, 5.74) is 3.94. The highest BCUT2D eigenvalue weighted by Gasteiger charge is 2.01. The fourth-order valence-corrected chi connectivity index (χ4v) is 2.09. The Balaban J connectivity index is 1.77. The van der Waals surface area contributed by atoms with E-state index in [2.05, 4.69) is 15.3 Å². The summed E-state index contributed by atoms with van der Waals surface area (Å²) in [4.78, 5) is 8.33. The van der Waals surface area contributed by atoms with Crippen LogP contribution in [0.25, 0.3) is 11.1 Å². The van der Waals surface area contributed by atoms with Crippen LogP contribution in [-0.2, 0) is 6.54 Å². The Bertz CT molecular complexity index is 729. The van der Waals surface area contributed by atoms with E-state index in [1.54, 1.807) is 30.7 Å². The van der Waals surface area contributed by atoms with Crippen LogP contribution in [0.5, 0.6) is 5.75 Å². The van der Waals surface area contributed by atoms with Crippen LogP contribution in [0.3, 0.4) is 0 Å². The lowest BCUT2D eigenvalue weighted by atomic mass is 10.1. The van der Waals surface area contributed by atoms with Gasteiger partial charge in [-0.1, -0.05) is 18.2 Å². The van der Waals surface area contributed by atoms with Crippen LogP contribution in [0.4, 0.5) is 5.69 Å². The normalized spacial score (nSPS) is 10.3. The molecule has 1 aromatic carbocycles. The van der Waals surface area contributed by atoms with Gasteiger partial charge in [0.05, 0.1) is 5.69 Å². The van der Waals surface area contributed by atoms with E-state index in [0.717, 1.165) is 22.4 Å². The van der Waals surface area contributed by atoms with Crippen molar-refractivity contribution < 1.29 is 5.11 Å². The number of phenolic OH excluding ortho intramolecular Hbond substituents is 1. The van der Waals surface area contributed by atoms with Crippen molar-refractivity contribution in [1.29, 1.82) is 0 Å². The van der Waals surface area contributed by atoms with Gasteiger partial charge in [0.25, 0.3) is 0 Å². The van der Waals surface area contributed by atoms with Crippen LogP contribution in [-0.4, -0.2) is 15.1 Å². The van der Waals surface area contributed by atoms with E-state index in [1.807, 2.05) is 36.5 Å². The minimum Gasteiger partial charge on any atom is -0.508 e. The summed E-state index contributed by atoms with van der Waals surface area (Å²) in [5, 5.41) is 12.9. The molecule has 0 unspecified atom stereocenters. The first-order valence-corrected chi connectivity index (χ1v) is 6.68. The molecule has 3 aromatic rings. The molecule has 0 amide bonds. The maximum atomic E-state index is 9.55. The first-order valence-electron chi connectivity index (χ1n) is 6.68. The summed E-state index contributed by atoms with van der Waals surface area (Å²) in [6, 6.07) is 13.1. The largest absolute Gasteiger partial charge is 0.508 e. The van der Waals surface area contributed by atoms with Crippen LogP contribution in [0.1, 0.15) is 5.56 Å². The summed E-state index contributed by atoms with van der Waals surface area (Å²) in [7, 11) is 0. The van der Waals surface area contributed by atoms with Crippen molar-refractivity contribution in [2.24, 2.45) is 0 Å². The standard InChI is InChI=1S/C17H15N3O/c21-17-5-1-4-14(8-17)15-7-16(12-19-11-15)20-10-13-3-2-6-18-9-13/h1-9,11-12,20-21H,10H2. The number of nitrogens with zero attached hydrogens (tertiary/aromatic N) is 2. The average molecular weight is 277 g/mol. The lowest BCUT2D eigenvalue weighted by Gasteiger charge is -2.08. The van der Waals surface area contributed by atoms with Gasteiger partial charge in [0.15, 0.2) is 0 Å². The molecule has 2 aromatic heterocycles. The van der Waals surface area contributed by atoms with Crippen LogP contribution in [0, 0.1) is 0 Å². The second-order valence-electron chi connectivity index (χ2n) is 4.73. The molecule has 0 fully saturated rings. The van der Waals surface area contributed by atoms with E-state index in [1.165, 1.54) is 0 Å². The van der Waals surface area contributed by atoms with Crippen molar-refractivity contribution >= 4 is 5.69 Å². The van der Waals surface area contributed by atoms with Crippen molar-refractivity contribution in [3.05, 3.63) is 72.8 Å². The Morgan fingerprint density at radius 3 is 2.67 bits per heavy atom. The molecule has 0 bridgehead atoms. The van der Waals surface area contributed by atoms with Gasteiger partial charge in [-0.2, -0.15) is 0 Å². The number of pyridine rings is 2. The van der Waals surface area contributed by atoms with E-state index < -0.39 is 0 Å². The molecule has 4 nitrogen and oxygen atoms in total. The van der Waals surface area contributed by atoms with Gasteiger partial charge in [-0.25, -0.2) is 0 Å². The molecule has 0 atom stereocenters. The second-order valence-corrected chi connectivity index (χ2v) is 4.73. The Labute approximate surface area is 123 Å². The minimum atomic E-state index is 0.251. The predicted molar refractivity (Wildman–Crippen MR) is 82.9 cm³/mol. The van der Waals surface area contributed by atoms with Gasteiger partial charge in [-0.15, -0.1) is 0 Å². The van der Waals surface area contributed by atoms with Crippen LogP contribution >= 0.6 is 0 Å². The third-order valence-corrected chi connectivity index (χ3v) is 3.14. The Morgan fingerprint density at radius 1 is 0.905 bits per heavy atom. The molecular formula is C17H15N3O. The zero-order valence-electron chi connectivity index (χ0n) is 11.4. The second kappa shape index (κ2) is 6.05. The van der Waals surface area contributed by atoms with Gasteiger partial charge in [-0.05, 0) is 35.4 Å². The summed E-state index contributed by atoms with van der Waals surface area (Å²) in [6.07, 6.45) is 7.15. The Kier molecular flexibility index (Phi) is 3.78. The summed E-state index contributed by atoms with van der Waals surface area (Å²) in [5.74, 6) is 0.251. The number of anilines is 1. The lowest BCUT2D eigenvalue weighted by molar-refractivity contribution is 0.475. The quantitative estimate of drug-likeness (QED) is 0.766. The lowest BCUT2D eigenvalue weighted by Crippen LogP contribution is -2.00.